The fraction of sp³-hybridized carbons (Fsp3) is 0.857. The number of aliphatic carboxylic acids is 1. The lowest BCUT2D eigenvalue weighted by Gasteiger charge is -2.37. The van der Waals surface area contributed by atoms with Crippen LogP contribution in [0.1, 0.15) is 64.6 Å². The van der Waals surface area contributed by atoms with Gasteiger partial charge in [-0.25, -0.2) is 4.68 Å². The van der Waals surface area contributed by atoms with E-state index in [1.807, 2.05) is 0 Å². The summed E-state index contributed by atoms with van der Waals surface area (Å²) in [7, 11) is 0. The number of nitrogens with zero attached hydrogens (tertiary/aromatic N) is 4. The van der Waals surface area contributed by atoms with E-state index in [9.17, 15) is 4.79 Å². The van der Waals surface area contributed by atoms with Crippen LogP contribution in [0.3, 0.4) is 0 Å². The third kappa shape index (κ3) is 3.16. The molecule has 1 aromatic heterocycles. The molecule has 112 valence electrons. The van der Waals surface area contributed by atoms with E-state index in [0.717, 1.165) is 12.2 Å². The number of tetrazole rings is 1. The maximum Gasteiger partial charge on any atom is 0.306 e. The van der Waals surface area contributed by atoms with Crippen molar-refractivity contribution >= 4 is 5.97 Å². The first-order valence-corrected chi connectivity index (χ1v) is 7.40. The van der Waals surface area contributed by atoms with Crippen LogP contribution in [-0.2, 0) is 11.3 Å². The molecule has 0 bridgehead atoms. The second-order valence-electron chi connectivity index (χ2n) is 6.58. The lowest BCUT2D eigenvalue weighted by molar-refractivity contribution is -0.141. The first kappa shape index (κ1) is 14.9. The molecule has 1 heterocycles. The van der Waals surface area contributed by atoms with E-state index in [-0.39, 0.29) is 11.3 Å². The van der Waals surface area contributed by atoms with Crippen LogP contribution in [0.2, 0.25) is 0 Å². The predicted molar refractivity (Wildman–Crippen MR) is 74.2 cm³/mol. The van der Waals surface area contributed by atoms with E-state index in [2.05, 4.69) is 29.4 Å². The molecule has 2 unspecified atom stereocenters. The Kier molecular flexibility index (Phi) is 4.40. The molecule has 2 atom stereocenters. The maximum absolute atomic E-state index is 10.9. The highest BCUT2D eigenvalue weighted by Crippen LogP contribution is 2.45. The van der Waals surface area contributed by atoms with Crippen molar-refractivity contribution in [3.8, 4) is 0 Å². The second-order valence-corrected chi connectivity index (χ2v) is 6.58. The van der Waals surface area contributed by atoms with Gasteiger partial charge in [-0.15, -0.1) is 5.10 Å². The van der Waals surface area contributed by atoms with Crippen LogP contribution in [0.15, 0.2) is 0 Å². The Balaban J connectivity index is 2.10. The van der Waals surface area contributed by atoms with Crippen LogP contribution in [0, 0.1) is 11.3 Å². The molecule has 0 saturated heterocycles. The Morgan fingerprint density at radius 3 is 2.90 bits per heavy atom. The van der Waals surface area contributed by atoms with Gasteiger partial charge in [0.1, 0.15) is 0 Å². The Bertz CT molecular complexity index is 469. The van der Waals surface area contributed by atoms with Gasteiger partial charge in [0.15, 0.2) is 5.82 Å². The maximum atomic E-state index is 10.9. The molecule has 2 rings (SSSR count). The molecule has 0 spiro atoms. The Morgan fingerprint density at radius 2 is 2.25 bits per heavy atom. The summed E-state index contributed by atoms with van der Waals surface area (Å²) in [5.74, 6) is 0.155. The van der Waals surface area contributed by atoms with Gasteiger partial charge in [-0.1, -0.05) is 33.6 Å². The first-order chi connectivity index (χ1) is 9.42. The molecular formula is C14H24N4O2. The van der Waals surface area contributed by atoms with Gasteiger partial charge >= 0.3 is 5.97 Å². The molecule has 6 nitrogen and oxygen atoms in total. The van der Waals surface area contributed by atoms with Gasteiger partial charge in [-0.3, -0.25) is 4.79 Å². The van der Waals surface area contributed by atoms with E-state index in [4.69, 9.17) is 5.11 Å². The molecule has 20 heavy (non-hydrogen) atoms. The third-order valence-corrected chi connectivity index (χ3v) is 4.57. The summed E-state index contributed by atoms with van der Waals surface area (Å²) in [5, 5.41) is 21.0. The number of rotatable bonds is 5. The average Bonchev–Trinajstić information content (AvgIpc) is 2.83. The minimum Gasteiger partial charge on any atom is -0.481 e. The van der Waals surface area contributed by atoms with Crippen molar-refractivity contribution in [2.75, 3.05) is 0 Å². The zero-order valence-corrected chi connectivity index (χ0v) is 12.5. The lowest BCUT2D eigenvalue weighted by atomic mass is 9.68. The van der Waals surface area contributed by atoms with Crippen LogP contribution in [0.25, 0.3) is 0 Å². The molecule has 0 aromatic carbocycles. The lowest BCUT2D eigenvalue weighted by Crippen LogP contribution is -2.29. The zero-order valence-electron chi connectivity index (χ0n) is 12.5. The highest BCUT2D eigenvalue weighted by atomic mass is 16.4. The SMILES string of the molecule is CC(CCn1nnnc1C1CCCCC1(C)C)C(=O)O. The van der Waals surface area contributed by atoms with E-state index < -0.39 is 5.97 Å². The standard InChI is InChI=1S/C14H24N4O2/c1-10(13(19)20)7-9-18-12(15-16-17-18)11-6-4-5-8-14(11,2)3/h10-11H,4-9H2,1-3H3,(H,19,20). The summed E-state index contributed by atoms with van der Waals surface area (Å²) in [6.45, 7) is 6.84. The Morgan fingerprint density at radius 1 is 1.50 bits per heavy atom. The van der Waals surface area contributed by atoms with E-state index in [1.165, 1.54) is 19.3 Å². The largest absolute Gasteiger partial charge is 0.481 e. The van der Waals surface area contributed by atoms with Crippen LogP contribution in [0.5, 0.6) is 0 Å². The number of carbonyl (C=O) groups is 1. The average molecular weight is 280 g/mol. The van der Waals surface area contributed by atoms with Crippen molar-refractivity contribution in [3.63, 3.8) is 0 Å². The molecule has 1 fully saturated rings. The van der Waals surface area contributed by atoms with Gasteiger partial charge in [-0.2, -0.15) is 0 Å². The van der Waals surface area contributed by atoms with Crippen molar-refractivity contribution in [1.82, 2.24) is 20.2 Å². The molecule has 1 aliphatic rings. The summed E-state index contributed by atoms with van der Waals surface area (Å²) < 4.78 is 1.80. The molecule has 6 heteroatoms. The van der Waals surface area contributed by atoms with Crippen molar-refractivity contribution in [1.29, 1.82) is 0 Å². The second kappa shape index (κ2) is 5.89. The summed E-state index contributed by atoms with van der Waals surface area (Å²) in [6.07, 6.45) is 5.34. The molecule has 0 amide bonds. The van der Waals surface area contributed by atoms with Crippen LogP contribution in [0.4, 0.5) is 0 Å². The minimum absolute atomic E-state index is 0.211. The highest BCUT2D eigenvalue weighted by molar-refractivity contribution is 5.69. The van der Waals surface area contributed by atoms with Crippen LogP contribution in [-0.4, -0.2) is 31.3 Å². The number of hydrogen-bond donors (Lipinski definition) is 1. The monoisotopic (exact) mass is 280 g/mol. The van der Waals surface area contributed by atoms with Gasteiger partial charge in [0.05, 0.1) is 5.92 Å². The van der Waals surface area contributed by atoms with Gasteiger partial charge in [0.2, 0.25) is 0 Å². The fourth-order valence-corrected chi connectivity index (χ4v) is 3.03. The van der Waals surface area contributed by atoms with Crippen molar-refractivity contribution in [2.45, 2.75) is 65.3 Å². The first-order valence-electron chi connectivity index (χ1n) is 7.40. The van der Waals surface area contributed by atoms with Crippen LogP contribution < -0.4 is 0 Å². The topological polar surface area (TPSA) is 80.9 Å². The number of hydrogen-bond acceptors (Lipinski definition) is 4. The summed E-state index contributed by atoms with van der Waals surface area (Å²) in [6, 6.07) is 0. The summed E-state index contributed by atoms with van der Waals surface area (Å²) in [4.78, 5) is 10.9. The third-order valence-electron chi connectivity index (χ3n) is 4.57. The van der Waals surface area contributed by atoms with E-state index in [0.29, 0.717) is 18.9 Å². The number of aromatic nitrogens is 4. The number of carboxylic acids is 1. The molecule has 0 radical (unpaired) electrons. The number of carboxylic acid groups (broad SMARTS) is 1. The van der Waals surface area contributed by atoms with E-state index >= 15 is 0 Å². The van der Waals surface area contributed by atoms with Gasteiger partial charge in [0, 0.05) is 12.5 Å². The summed E-state index contributed by atoms with van der Waals surface area (Å²) >= 11 is 0. The fourth-order valence-electron chi connectivity index (χ4n) is 3.03. The highest BCUT2D eigenvalue weighted by Gasteiger charge is 2.36. The van der Waals surface area contributed by atoms with Crippen LogP contribution >= 0.6 is 0 Å². The van der Waals surface area contributed by atoms with Crippen molar-refractivity contribution in [2.24, 2.45) is 11.3 Å². The molecule has 0 aliphatic heterocycles. The molecule has 1 aromatic rings. The molecule has 1 N–H and O–H groups in total. The van der Waals surface area contributed by atoms with Gasteiger partial charge in [0.25, 0.3) is 0 Å². The minimum atomic E-state index is -0.766. The van der Waals surface area contributed by atoms with Gasteiger partial charge in [-0.05, 0) is 35.1 Å². The molecule has 1 aliphatic carbocycles. The summed E-state index contributed by atoms with van der Waals surface area (Å²) in [5.41, 5.74) is 0.211. The molecule has 1 saturated carbocycles. The van der Waals surface area contributed by atoms with Crippen molar-refractivity contribution in [3.05, 3.63) is 5.82 Å². The molecular weight excluding hydrogens is 256 g/mol. The van der Waals surface area contributed by atoms with Crippen molar-refractivity contribution < 1.29 is 9.90 Å². The zero-order chi connectivity index (χ0) is 14.8. The smallest absolute Gasteiger partial charge is 0.306 e. The van der Waals surface area contributed by atoms with E-state index in [1.54, 1.807) is 11.6 Å². The predicted octanol–water partition coefficient (Wildman–Crippen LogP) is 2.47. The Labute approximate surface area is 119 Å². The Hall–Kier alpha value is -1.46. The normalized spacial score (nSPS) is 23.4. The van der Waals surface area contributed by atoms with Gasteiger partial charge < -0.3 is 5.11 Å². The number of aryl methyl sites for hydroxylation is 1. The quantitative estimate of drug-likeness (QED) is 0.896.